The Morgan fingerprint density at radius 2 is 1.76 bits per heavy atom. The van der Waals surface area contributed by atoms with Gasteiger partial charge in [-0.25, -0.2) is 4.90 Å². The van der Waals surface area contributed by atoms with Crippen LogP contribution in [-0.2, 0) is 9.59 Å². The van der Waals surface area contributed by atoms with E-state index < -0.39 is 11.9 Å². The summed E-state index contributed by atoms with van der Waals surface area (Å²) in [5.41, 5.74) is 6.00. The Morgan fingerprint density at radius 3 is 2.35 bits per heavy atom. The fourth-order valence-electron chi connectivity index (χ4n) is 1.74. The highest BCUT2D eigenvalue weighted by atomic mass is 35.5. The van der Waals surface area contributed by atoms with Crippen molar-refractivity contribution in [1.82, 2.24) is 0 Å². The molecule has 6 heteroatoms. The Kier molecular flexibility index (Phi) is 3.38. The van der Waals surface area contributed by atoms with Crippen LogP contribution in [0.1, 0.15) is 12.8 Å². The number of carbonyl (C=O) groups is 2. The normalized spacial score (nSPS) is 20.9. The van der Waals surface area contributed by atoms with Gasteiger partial charge in [0.1, 0.15) is 0 Å². The molecule has 2 amide bonds. The van der Waals surface area contributed by atoms with Crippen molar-refractivity contribution in [3.05, 3.63) is 28.2 Å². The van der Waals surface area contributed by atoms with Gasteiger partial charge in [0.15, 0.2) is 0 Å². The Hall–Kier alpha value is -1.10. The van der Waals surface area contributed by atoms with Gasteiger partial charge in [0, 0.05) is 16.5 Å². The average molecular weight is 273 g/mol. The molecule has 1 aliphatic heterocycles. The van der Waals surface area contributed by atoms with E-state index in [4.69, 9.17) is 28.9 Å². The van der Waals surface area contributed by atoms with E-state index in [0.29, 0.717) is 22.2 Å². The molecule has 1 aliphatic rings. The molecular formula is C11H10Cl2N2O2. The first kappa shape index (κ1) is 12.4. The first-order chi connectivity index (χ1) is 7.99. The number of hydrogen-bond acceptors (Lipinski definition) is 3. The van der Waals surface area contributed by atoms with Gasteiger partial charge in [-0.05, 0) is 24.6 Å². The zero-order valence-electron chi connectivity index (χ0n) is 8.82. The third-order valence-corrected chi connectivity index (χ3v) is 3.00. The summed E-state index contributed by atoms with van der Waals surface area (Å²) in [6, 6.07) is 3.92. The monoisotopic (exact) mass is 272 g/mol. The lowest BCUT2D eigenvalue weighted by Crippen LogP contribution is -2.51. The molecule has 1 aromatic rings. The Morgan fingerprint density at radius 1 is 1.18 bits per heavy atom. The lowest BCUT2D eigenvalue weighted by molar-refractivity contribution is -0.130. The van der Waals surface area contributed by atoms with E-state index in [1.165, 1.54) is 18.2 Å². The number of imide groups is 1. The maximum atomic E-state index is 11.9. The van der Waals surface area contributed by atoms with Crippen molar-refractivity contribution in [2.75, 3.05) is 4.90 Å². The highest BCUT2D eigenvalue weighted by Crippen LogP contribution is 2.28. The second kappa shape index (κ2) is 4.64. The Balaban J connectivity index is 2.43. The van der Waals surface area contributed by atoms with Crippen LogP contribution >= 0.6 is 23.2 Å². The van der Waals surface area contributed by atoms with Crippen molar-refractivity contribution in [2.45, 2.75) is 18.9 Å². The van der Waals surface area contributed by atoms with Crippen LogP contribution in [0.25, 0.3) is 0 Å². The van der Waals surface area contributed by atoms with Gasteiger partial charge in [-0.1, -0.05) is 23.2 Å². The van der Waals surface area contributed by atoms with Gasteiger partial charge < -0.3 is 5.73 Å². The highest BCUT2D eigenvalue weighted by molar-refractivity contribution is 6.35. The van der Waals surface area contributed by atoms with E-state index in [0.717, 1.165) is 4.90 Å². The SMILES string of the molecule is NC1CCC(=O)N(c2cc(Cl)cc(Cl)c2)C1=O. The average Bonchev–Trinajstić information content (AvgIpc) is 2.23. The topological polar surface area (TPSA) is 63.4 Å². The van der Waals surface area contributed by atoms with Gasteiger partial charge in [-0.2, -0.15) is 0 Å². The largest absolute Gasteiger partial charge is 0.320 e. The predicted octanol–water partition coefficient (Wildman–Crippen LogP) is 1.97. The molecule has 1 atom stereocenters. The minimum Gasteiger partial charge on any atom is -0.320 e. The van der Waals surface area contributed by atoms with E-state index in [1.54, 1.807) is 0 Å². The van der Waals surface area contributed by atoms with Gasteiger partial charge in [0.25, 0.3) is 5.91 Å². The molecule has 17 heavy (non-hydrogen) atoms. The molecule has 4 nitrogen and oxygen atoms in total. The van der Waals surface area contributed by atoms with Crippen molar-refractivity contribution in [3.63, 3.8) is 0 Å². The van der Waals surface area contributed by atoms with Gasteiger partial charge in [-0.3, -0.25) is 9.59 Å². The van der Waals surface area contributed by atoms with Crippen molar-refractivity contribution < 1.29 is 9.59 Å². The summed E-state index contributed by atoms with van der Waals surface area (Å²) in [4.78, 5) is 24.6. The van der Waals surface area contributed by atoms with E-state index in [-0.39, 0.29) is 12.3 Å². The molecule has 0 aliphatic carbocycles. The van der Waals surface area contributed by atoms with Crippen molar-refractivity contribution in [2.24, 2.45) is 5.73 Å². The summed E-state index contributed by atoms with van der Waals surface area (Å²) in [7, 11) is 0. The van der Waals surface area contributed by atoms with Crippen molar-refractivity contribution >= 4 is 40.7 Å². The number of rotatable bonds is 1. The number of nitrogens with two attached hydrogens (primary N) is 1. The number of nitrogens with zero attached hydrogens (tertiary/aromatic N) is 1. The number of amides is 2. The molecule has 2 N–H and O–H groups in total. The van der Waals surface area contributed by atoms with Crippen molar-refractivity contribution in [1.29, 1.82) is 0 Å². The van der Waals surface area contributed by atoms with Crippen LogP contribution < -0.4 is 10.6 Å². The minimum atomic E-state index is -0.648. The quantitative estimate of drug-likeness (QED) is 0.796. The smallest absolute Gasteiger partial charge is 0.250 e. The number of halogens is 2. The number of hydrogen-bond donors (Lipinski definition) is 1. The molecule has 0 spiro atoms. The van der Waals surface area contributed by atoms with Crippen molar-refractivity contribution in [3.8, 4) is 0 Å². The second-order valence-corrected chi connectivity index (χ2v) is 4.71. The van der Waals surface area contributed by atoms with Crippen LogP contribution in [0.2, 0.25) is 10.0 Å². The maximum absolute atomic E-state index is 11.9. The lowest BCUT2D eigenvalue weighted by atomic mass is 10.0. The third-order valence-electron chi connectivity index (χ3n) is 2.56. The molecule has 1 unspecified atom stereocenters. The number of piperidine rings is 1. The zero-order chi connectivity index (χ0) is 12.6. The summed E-state index contributed by atoms with van der Waals surface area (Å²) >= 11 is 11.7. The zero-order valence-corrected chi connectivity index (χ0v) is 10.3. The fourth-order valence-corrected chi connectivity index (χ4v) is 2.26. The lowest BCUT2D eigenvalue weighted by Gasteiger charge is -2.28. The van der Waals surface area contributed by atoms with Gasteiger partial charge in [-0.15, -0.1) is 0 Å². The molecule has 90 valence electrons. The first-order valence-corrected chi connectivity index (χ1v) is 5.83. The first-order valence-electron chi connectivity index (χ1n) is 5.07. The molecular weight excluding hydrogens is 263 g/mol. The van der Waals surface area contributed by atoms with Crippen LogP contribution in [0.3, 0.4) is 0 Å². The minimum absolute atomic E-state index is 0.247. The Bertz CT molecular complexity index is 470. The molecule has 0 saturated carbocycles. The van der Waals surface area contributed by atoms with Crippen LogP contribution in [0.5, 0.6) is 0 Å². The van der Waals surface area contributed by atoms with Crippen LogP contribution in [0.4, 0.5) is 5.69 Å². The van der Waals surface area contributed by atoms with Crippen LogP contribution in [0.15, 0.2) is 18.2 Å². The highest BCUT2D eigenvalue weighted by Gasteiger charge is 2.33. The second-order valence-electron chi connectivity index (χ2n) is 3.84. The molecule has 1 aromatic carbocycles. The summed E-state index contributed by atoms with van der Waals surface area (Å²) in [6.07, 6.45) is 0.625. The molecule has 1 fully saturated rings. The predicted molar refractivity (Wildman–Crippen MR) is 66.2 cm³/mol. The summed E-state index contributed by atoms with van der Waals surface area (Å²) in [5, 5.41) is 0.736. The van der Waals surface area contributed by atoms with Gasteiger partial charge >= 0.3 is 0 Å². The van der Waals surface area contributed by atoms with Gasteiger partial charge in [0.2, 0.25) is 5.91 Å². The fraction of sp³-hybridized carbons (Fsp3) is 0.273. The van der Waals surface area contributed by atoms with E-state index in [1.807, 2.05) is 0 Å². The van der Waals surface area contributed by atoms with E-state index in [2.05, 4.69) is 0 Å². The van der Waals surface area contributed by atoms with Gasteiger partial charge in [0.05, 0.1) is 11.7 Å². The standard InChI is InChI=1S/C11H10Cl2N2O2/c12-6-3-7(13)5-8(4-6)15-10(16)2-1-9(14)11(15)17/h3-5,9H,1-2,14H2. The summed E-state index contributed by atoms with van der Waals surface area (Å²) < 4.78 is 0. The molecule has 1 heterocycles. The number of carbonyl (C=O) groups excluding carboxylic acids is 2. The van der Waals surface area contributed by atoms with Crippen LogP contribution in [-0.4, -0.2) is 17.9 Å². The molecule has 2 rings (SSSR count). The number of benzene rings is 1. The maximum Gasteiger partial charge on any atom is 0.250 e. The molecule has 0 radical (unpaired) electrons. The Labute approximate surface area is 108 Å². The van der Waals surface area contributed by atoms with E-state index >= 15 is 0 Å². The third kappa shape index (κ3) is 2.44. The number of anilines is 1. The summed E-state index contributed by atoms with van der Waals surface area (Å²) in [6.45, 7) is 0. The van der Waals surface area contributed by atoms with Crippen LogP contribution in [0, 0.1) is 0 Å². The summed E-state index contributed by atoms with van der Waals surface area (Å²) in [5.74, 6) is -0.699. The molecule has 1 saturated heterocycles. The molecule has 0 bridgehead atoms. The molecule has 0 aromatic heterocycles. The van der Waals surface area contributed by atoms with E-state index in [9.17, 15) is 9.59 Å².